The third-order valence-electron chi connectivity index (χ3n) is 7.22. The van der Waals surface area contributed by atoms with Crippen molar-refractivity contribution in [3.63, 3.8) is 0 Å². The monoisotopic (exact) mass is 516 g/mol. The number of morpholine rings is 1. The van der Waals surface area contributed by atoms with Gasteiger partial charge in [-0.3, -0.25) is 14.5 Å². The van der Waals surface area contributed by atoms with Gasteiger partial charge in [0.25, 0.3) is 11.8 Å². The summed E-state index contributed by atoms with van der Waals surface area (Å²) in [5, 5.41) is 1.53. The molecular weight excluding hydrogens is 483 g/mol. The number of carbonyl (C=O) groups excluding carboxylic acids is 2. The van der Waals surface area contributed by atoms with Gasteiger partial charge in [0, 0.05) is 22.5 Å². The molecule has 2 aromatic rings. The standard InChI is InChI=1S/C28H34Cl2N2O3/c29-24-9-5-21(6-10-24)28(22-7-11-25(30)12-8-22)23-13-17-31(18-14-23)15-3-1-2-4-16-32-26(33)19-35-20-27(32)34/h5-12,23,28H,1-4,13-20H2. The van der Waals surface area contributed by atoms with Gasteiger partial charge in [0.1, 0.15) is 13.2 Å². The molecule has 0 aromatic heterocycles. The molecule has 7 heteroatoms. The second-order valence-electron chi connectivity index (χ2n) is 9.61. The average molecular weight is 517 g/mol. The Balaban J connectivity index is 1.22. The van der Waals surface area contributed by atoms with Crippen LogP contribution in [0.2, 0.25) is 10.0 Å². The van der Waals surface area contributed by atoms with E-state index in [1.807, 2.05) is 24.3 Å². The maximum absolute atomic E-state index is 11.8. The van der Waals surface area contributed by atoms with Crippen molar-refractivity contribution in [2.24, 2.45) is 5.92 Å². The molecule has 2 fully saturated rings. The second kappa shape index (κ2) is 12.9. The lowest BCUT2D eigenvalue weighted by atomic mass is 9.76. The molecule has 2 amide bonds. The third-order valence-corrected chi connectivity index (χ3v) is 7.73. The van der Waals surface area contributed by atoms with E-state index in [0.717, 1.165) is 68.2 Å². The highest BCUT2D eigenvalue weighted by Gasteiger charge is 2.29. The lowest BCUT2D eigenvalue weighted by molar-refractivity contribution is -0.158. The van der Waals surface area contributed by atoms with E-state index in [0.29, 0.717) is 18.4 Å². The minimum atomic E-state index is -0.209. The first-order valence-corrected chi connectivity index (χ1v) is 13.4. The Bertz CT molecular complexity index is 911. The molecule has 188 valence electrons. The maximum Gasteiger partial charge on any atom is 0.255 e. The molecular formula is C28H34Cl2N2O3. The van der Waals surface area contributed by atoms with Crippen LogP contribution in [-0.2, 0) is 14.3 Å². The van der Waals surface area contributed by atoms with E-state index in [2.05, 4.69) is 29.2 Å². The summed E-state index contributed by atoms with van der Waals surface area (Å²) in [5.41, 5.74) is 2.62. The van der Waals surface area contributed by atoms with Crippen molar-refractivity contribution in [2.75, 3.05) is 39.4 Å². The van der Waals surface area contributed by atoms with Gasteiger partial charge < -0.3 is 9.64 Å². The number of rotatable bonds is 10. The predicted octanol–water partition coefficient (Wildman–Crippen LogP) is 5.78. The molecule has 0 aliphatic carbocycles. The van der Waals surface area contributed by atoms with Crippen LogP contribution in [-0.4, -0.2) is 61.0 Å². The topological polar surface area (TPSA) is 49.9 Å². The van der Waals surface area contributed by atoms with Crippen molar-refractivity contribution in [1.82, 2.24) is 9.80 Å². The van der Waals surface area contributed by atoms with Crippen LogP contribution in [0.5, 0.6) is 0 Å². The number of amides is 2. The van der Waals surface area contributed by atoms with Crippen LogP contribution in [0, 0.1) is 5.92 Å². The molecule has 0 radical (unpaired) electrons. The van der Waals surface area contributed by atoms with Crippen LogP contribution in [0.4, 0.5) is 0 Å². The zero-order valence-corrected chi connectivity index (χ0v) is 21.6. The summed E-state index contributed by atoms with van der Waals surface area (Å²) in [6.45, 7) is 3.90. The van der Waals surface area contributed by atoms with Crippen LogP contribution < -0.4 is 0 Å². The second-order valence-corrected chi connectivity index (χ2v) is 10.5. The number of likely N-dealkylation sites (tertiary alicyclic amines) is 1. The molecule has 2 saturated heterocycles. The van der Waals surface area contributed by atoms with Crippen LogP contribution in [0.25, 0.3) is 0 Å². The largest absolute Gasteiger partial charge is 0.362 e. The van der Waals surface area contributed by atoms with Gasteiger partial charge in [0.05, 0.1) is 0 Å². The fourth-order valence-corrected chi connectivity index (χ4v) is 5.57. The van der Waals surface area contributed by atoms with E-state index >= 15 is 0 Å². The first kappa shape index (κ1) is 26.2. The van der Waals surface area contributed by atoms with Crippen molar-refractivity contribution in [2.45, 2.75) is 44.4 Å². The minimum Gasteiger partial charge on any atom is -0.362 e. The highest BCUT2D eigenvalue weighted by atomic mass is 35.5. The number of carbonyl (C=O) groups is 2. The number of hydrogen-bond donors (Lipinski definition) is 0. The molecule has 0 bridgehead atoms. The van der Waals surface area contributed by atoms with Gasteiger partial charge in [-0.2, -0.15) is 0 Å². The van der Waals surface area contributed by atoms with Crippen LogP contribution in [0.3, 0.4) is 0 Å². The molecule has 2 aromatic carbocycles. The van der Waals surface area contributed by atoms with Gasteiger partial charge in [-0.1, -0.05) is 60.3 Å². The SMILES string of the molecule is O=C1COCC(=O)N1CCCCCCN1CCC(C(c2ccc(Cl)cc2)c2ccc(Cl)cc2)CC1. The zero-order valence-electron chi connectivity index (χ0n) is 20.1. The number of nitrogens with zero attached hydrogens (tertiary/aromatic N) is 2. The predicted molar refractivity (Wildman–Crippen MR) is 140 cm³/mol. The fourth-order valence-electron chi connectivity index (χ4n) is 5.32. The first-order valence-electron chi connectivity index (χ1n) is 12.7. The maximum atomic E-state index is 11.8. The van der Waals surface area contributed by atoms with Crippen molar-refractivity contribution in [1.29, 1.82) is 0 Å². The number of benzene rings is 2. The minimum absolute atomic E-state index is 0.0264. The van der Waals surface area contributed by atoms with Crippen LogP contribution >= 0.6 is 23.2 Å². The molecule has 0 N–H and O–H groups in total. The molecule has 5 nitrogen and oxygen atoms in total. The van der Waals surface area contributed by atoms with E-state index in [4.69, 9.17) is 27.9 Å². The number of ether oxygens (including phenoxy) is 1. The Morgan fingerprint density at radius 1 is 0.743 bits per heavy atom. The Hall–Kier alpha value is -1.92. The van der Waals surface area contributed by atoms with Gasteiger partial charge in [-0.15, -0.1) is 0 Å². The zero-order chi connectivity index (χ0) is 24.6. The van der Waals surface area contributed by atoms with Crippen molar-refractivity contribution >= 4 is 35.0 Å². The van der Waals surface area contributed by atoms with Gasteiger partial charge in [-0.05, 0) is 86.6 Å². The number of piperidine rings is 1. The number of hydrogen-bond acceptors (Lipinski definition) is 4. The molecule has 0 atom stereocenters. The van der Waals surface area contributed by atoms with Crippen LogP contribution in [0.15, 0.2) is 48.5 Å². The van der Waals surface area contributed by atoms with Crippen molar-refractivity contribution in [3.8, 4) is 0 Å². The molecule has 0 saturated carbocycles. The van der Waals surface area contributed by atoms with Gasteiger partial charge in [-0.25, -0.2) is 0 Å². The van der Waals surface area contributed by atoms with Gasteiger partial charge in [0.15, 0.2) is 0 Å². The summed E-state index contributed by atoms with van der Waals surface area (Å²) in [5.74, 6) is 0.508. The summed E-state index contributed by atoms with van der Waals surface area (Å²) in [7, 11) is 0. The Morgan fingerprint density at radius 2 is 1.23 bits per heavy atom. The number of unbranched alkanes of at least 4 members (excludes halogenated alkanes) is 3. The Morgan fingerprint density at radius 3 is 1.74 bits per heavy atom. The number of imide groups is 1. The summed E-state index contributed by atoms with van der Waals surface area (Å²) >= 11 is 12.3. The lowest BCUT2D eigenvalue weighted by Crippen LogP contribution is -2.46. The molecule has 0 spiro atoms. The smallest absolute Gasteiger partial charge is 0.255 e. The summed E-state index contributed by atoms with van der Waals surface area (Å²) < 4.78 is 4.96. The quantitative estimate of drug-likeness (QED) is 0.296. The summed E-state index contributed by atoms with van der Waals surface area (Å²) in [4.78, 5) is 27.5. The van der Waals surface area contributed by atoms with Crippen molar-refractivity contribution in [3.05, 3.63) is 69.7 Å². The van der Waals surface area contributed by atoms with E-state index in [1.54, 1.807) is 0 Å². The third kappa shape index (κ3) is 7.29. The number of halogens is 2. The molecule has 2 aliphatic heterocycles. The normalized spacial score (nSPS) is 18.0. The Labute approximate surface area is 218 Å². The van der Waals surface area contributed by atoms with Crippen molar-refractivity contribution < 1.29 is 14.3 Å². The fraction of sp³-hybridized carbons (Fsp3) is 0.500. The molecule has 2 heterocycles. The summed E-state index contributed by atoms with van der Waals surface area (Å²) in [6, 6.07) is 16.6. The van der Waals surface area contributed by atoms with E-state index in [1.165, 1.54) is 16.0 Å². The van der Waals surface area contributed by atoms with E-state index < -0.39 is 0 Å². The average Bonchev–Trinajstić information content (AvgIpc) is 2.86. The highest BCUT2D eigenvalue weighted by molar-refractivity contribution is 6.30. The summed E-state index contributed by atoms with van der Waals surface area (Å²) in [6.07, 6.45) is 6.49. The molecule has 0 unspecified atom stereocenters. The molecule has 4 rings (SSSR count). The first-order chi connectivity index (χ1) is 17.0. The van der Waals surface area contributed by atoms with E-state index in [-0.39, 0.29) is 25.0 Å². The molecule has 35 heavy (non-hydrogen) atoms. The molecule has 2 aliphatic rings. The van der Waals surface area contributed by atoms with E-state index in [9.17, 15) is 9.59 Å². The van der Waals surface area contributed by atoms with Gasteiger partial charge >= 0.3 is 0 Å². The van der Waals surface area contributed by atoms with Gasteiger partial charge in [0.2, 0.25) is 0 Å². The van der Waals surface area contributed by atoms with Crippen LogP contribution in [0.1, 0.15) is 55.6 Å². The Kier molecular flexibility index (Phi) is 9.61. The highest BCUT2D eigenvalue weighted by Crippen LogP contribution is 2.38. The lowest BCUT2D eigenvalue weighted by Gasteiger charge is -2.36.